The molecule has 1 saturated carbocycles. The second kappa shape index (κ2) is 3.97. The minimum absolute atomic E-state index is 0.148. The maximum Gasteiger partial charge on any atom is 0.314 e. The van der Waals surface area contributed by atoms with E-state index < -0.39 is 11.0 Å². The molecule has 0 saturated heterocycles. The second-order valence-corrected chi connectivity index (χ2v) is 4.65. The number of carbonyl (C=O) groups excluding carboxylic acids is 1. The predicted octanol–water partition coefficient (Wildman–Crippen LogP) is 1.90. The molecule has 1 N–H and O–H groups in total. The van der Waals surface area contributed by atoms with E-state index in [4.69, 9.17) is 4.74 Å². The zero-order valence-electron chi connectivity index (χ0n) is 9.75. The Morgan fingerprint density at radius 1 is 1.60 bits per heavy atom. The molecule has 0 aromatic heterocycles. The summed E-state index contributed by atoms with van der Waals surface area (Å²) < 4.78 is 4.99. The molecule has 1 unspecified atom stereocenters. The van der Waals surface area contributed by atoms with Gasteiger partial charge in [-0.15, -0.1) is 6.58 Å². The van der Waals surface area contributed by atoms with Crippen LogP contribution in [0.2, 0.25) is 0 Å². The van der Waals surface area contributed by atoms with Crippen molar-refractivity contribution in [2.45, 2.75) is 39.2 Å². The maximum atomic E-state index is 11.8. The number of hydrogen-bond donors (Lipinski definition) is 1. The molecular formula is C12H20O3. The second-order valence-electron chi connectivity index (χ2n) is 4.65. The first kappa shape index (κ1) is 12.2. The molecule has 3 nitrogen and oxygen atoms in total. The van der Waals surface area contributed by atoms with Gasteiger partial charge in [0.1, 0.15) is 5.60 Å². The van der Waals surface area contributed by atoms with Crippen LogP contribution < -0.4 is 0 Å². The van der Waals surface area contributed by atoms with Gasteiger partial charge in [0, 0.05) is 0 Å². The van der Waals surface area contributed by atoms with Crippen molar-refractivity contribution in [1.29, 1.82) is 0 Å². The Balaban J connectivity index is 2.90. The lowest BCUT2D eigenvalue weighted by Gasteiger charge is -2.38. The van der Waals surface area contributed by atoms with Gasteiger partial charge in [-0.05, 0) is 39.5 Å². The summed E-state index contributed by atoms with van der Waals surface area (Å²) in [5, 5.41) is 10.5. The zero-order valence-corrected chi connectivity index (χ0v) is 9.75. The number of aliphatic hydroxyl groups is 1. The first-order valence-electron chi connectivity index (χ1n) is 5.43. The number of esters is 1. The summed E-state index contributed by atoms with van der Waals surface area (Å²) in [6, 6.07) is 0. The lowest BCUT2D eigenvalue weighted by molar-refractivity contribution is -0.167. The van der Waals surface area contributed by atoms with Crippen LogP contribution in [0.15, 0.2) is 12.7 Å². The Hall–Kier alpha value is -0.830. The predicted molar refractivity (Wildman–Crippen MR) is 58.3 cm³/mol. The zero-order chi connectivity index (χ0) is 11.7. The van der Waals surface area contributed by atoms with Crippen molar-refractivity contribution < 1.29 is 14.6 Å². The maximum absolute atomic E-state index is 11.8. The highest BCUT2D eigenvalue weighted by molar-refractivity contribution is 5.78. The lowest BCUT2D eigenvalue weighted by Crippen LogP contribution is -2.50. The van der Waals surface area contributed by atoms with Crippen LogP contribution in [0.25, 0.3) is 0 Å². The minimum Gasteiger partial charge on any atom is -0.465 e. The number of carbonyl (C=O) groups is 1. The molecule has 1 aliphatic rings. The summed E-state index contributed by atoms with van der Waals surface area (Å²) >= 11 is 0. The monoisotopic (exact) mass is 212 g/mol. The van der Waals surface area contributed by atoms with E-state index in [9.17, 15) is 9.90 Å². The molecule has 1 fully saturated rings. The highest BCUT2D eigenvalue weighted by Gasteiger charge is 2.56. The van der Waals surface area contributed by atoms with Crippen LogP contribution in [0, 0.1) is 11.3 Å². The molecule has 15 heavy (non-hydrogen) atoms. The van der Waals surface area contributed by atoms with Gasteiger partial charge in [-0.1, -0.05) is 6.08 Å². The molecular weight excluding hydrogens is 192 g/mol. The van der Waals surface area contributed by atoms with Crippen molar-refractivity contribution in [3.05, 3.63) is 12.7 Å². The van der Waals surface area contributed by atoms with Crippen molar-refractivity contribution in [1.82, 2.24) is 0 Å². The van der Waals surface area contributed by atoms with E-state index in [0.717, 1.165) is 12.8 Å². The molecule has 1 rings (SSSR count). The fourth-order valence-electron chi connectivity index (χ4n) is 1.93. The van der Waals surface area contributed by atoms with Gasteiger partial charge < -0.3 is 9.84 Å². The first-order valence-corrected chi connectivity index (χ1v) is 5.43. The van der Waals surface area contributed by atoms with Crippen LogP contribution in [0.1, 0.15) is 33.6 Å². The van der Waals surface area contributed by atoms with Gasteiger partial charge in [-0.25, -0.2) is 0 Å². The summed E-state index contributed by atoms with van der Waals surface area (Å²) in [7, 11) is 0. The number of rotatable bonds is 5. The molecule has 0 aliphatic heterocycles. The molecule has 3 heteroatoms. The lowest BCUT2D eigenvalue weighted by atomic mass is 9.71. The highest BCUT2D eigenvalue weighted by atomic mass is 16.5. The van der Waals surface area contributed by atoms with E-state index >= 15 is 0 Å². The number of hydrogen-bond acceptors (Lipinski definition) is 3. The van der Waals surface area contributed by atoms with Crippen LogP contribution in [-0.2, 0) is 9.53 Å². The summed E-state index contributed by atoms with van der Waals surface area (Å²) in [4.78, 5) is 11.8. The summed E-state index contributed by atoms with van der Waals surface area (Å²) in [5.74, 6) is -0.214. The molecule has 0 aromatic rings. The van der Waals surface area contributed by atoms with E-state index in [1.165, 1.54) is 6.08 Å². The van der Waals surface area contributed by atoms with E-state index in [2.05, 4.69) is 6.58 Å². The van der Waals surface area contributed by atoms with Gasteiger partial charge in [0.2, 0.25) is 0 Å². The van der Waals surface area contributed by atoms with Gasteiger partial charge in [0.25, 0.3) is 0 Å². The molecule has 0 radical (unpaired) electrons. The minimum atomic E-state index is -1.14. The molecule has 0 amide bonds. The van der Waals surface area contributed by atoms with Crippen molar-refractivity contribution in [2.75, 3.05) is 6.61 Å². The fraction of sp³-hybridized carbons (Fsp3) is 0.750. The molecule has 0 bridgehead atoms. The van der Waals surface area contributed by atoms with E-state index in [0.29, 0.717) is 6.61 Å². The highest BCUT2D eigenvalue weighted by Crippen LogP contribution is 2.49. The van der Waals surface area contributed by atoms with Gasteiger partial charge in [0.05, 0.1) is 12.0 Å². The average Bonchev–Trinajstić information content (AvgIpc) is 3.00. The normalized spacial score (nSPS) is 20.5. The standard InChI is InChI=1S/C12H20O3/c1-5-12(14,9-7-8-9)11(3,4)10(13)15-6-2/h5,9,14H,1,6-8H2,2-4H3. The summed E-state index contributed by atoms with van der Waals surface area (Å²) in [6.45, 7) is 9.17. The summed E-state index contributed by atoms with van der Waals surface area (Å²) in [6.07, 6.45) is 3.39. The van der Waals surface area contributed by atoms with Crippen LogP contribution >= 0.6 is 0 Å². The third-order valence-corrected chi connectivity index (χ3v) is 3.30. The number of ether oxygens (including phenoxy) is 1. The van der Waals surface area contributed by atoms with Crippen molar-refractivity contribution in [3.63, 3.8) is 0 Å². The van der Waals surface area contributed by atoms with Gasteiger partial charge in [0.15, 0.2) is 0 Å². The molecule has 0 spiro atoms. The van der Waals surface area contributed by atoms with Gasteiger partial charge in [-0.3, -0.25) is 4.79 Å². The average molecular weight is 212 g/mol. The molecule has 1 atom stereocenters. The van der Waals surface area contributed by atoms with Crippen molar-refractivity contribution in [3.8, 4) is 0 Å². The molecule has 0 aromatic carbocycles. The third kappa shape index (κ3) is 1.93. The molecule has 0 heterocycles. The van der Waals surface area contributed by atoms with E-state index in [-0.39, 0.29) is 11.9 Å². The van der Waals surface area contributed by atoms with Gasteiger partial charge >= 0.3 is 5.97 Å². The van der Waals surface area contributed by atoms with Crippen molar-refractivity contribution >= 4 is 5.97 Å². The van der Waals surface area contributed by atoms with E-state index in [1.807, 2.05) is 0 Å². The summed E-state index contributed by atoms with van der Waals surface area (Å²) in [5.41, 5.74) is -2.06. The SMILES string of the molecule is C=CC(O)(C1CC1)C(C)(C)C(=O)OCC. The third-order valence-electron chi connectivity index (χ3n) is 3.30. The van der Waals surface area contributed by atoms with Crippen LogP contribution in [0.4, 0.5) is 0 Å². The fourth-order valence-corrected chi connectivity index (χ4v) is 1.93. The molecule has 86 valence electrons. The van der Waals surface area contributed by atoms with Crippen LogP contribution in [0.3, 0.4) is 0 Å². The van der Waals surface area contributed by atoms with Crippen molar-refractivity contribution in [2.24, 2.45) is 11.3 Å². The van der Waals surface area contributed by atoms with Crippen LogP contribution in [-0.4, -0.2) is 23.3 Å². The smallest absolute Gasteiger partial charge is 0.314 e. The topological polar surface area (TPSA) is 46.5 Å². The Kier molecular flexibility index (Phi) is 3.24. The largest absolute Gasteiger partial charge is 0.465 e. The molecule has 1 aliphatic carbocycles. The Morgan fingerprint density at radius 2 is 2.13 bits per heavy atom. The Morgan fingerprint density at radius 3 is 2.47 bits per heavy atom. The first-order chi connectivity index (χ1) is 6.90. The Bertz CT molecular complexity index is 266. The quantitative estimate of drug-likeness (QED) is 0.559. The van der Waals surface area contributed by atoms with Crippen LogP contribution in [0.5, 0.6) is 0 Å². The van der Waals surface area contributed by atoms with Gasteiger partial charge in [-0.2, -0.15) is 0 Å². The Labute approximate surface area is 91.1 Å². The van der Waals surface area contributed by atoms with E-state index in [1.54, 1.807) is 20.8 Å².